The van der Waals surface area contributed by atoms with Crippen LogP contribution in [0.1, 0.15) is 44.4 Å². The summed E-state index contributed by atoms with van der Waals surface area (Å²) >= 11 is 0. The lowest BCUT2D eigenvalue weighted by Gasteiger charge is -2.48. The van der Waals surface area contributed by atoms with Crippen LogP contribution in [-0.4, -0.2) is 27.8 Å². The number of benzene rings is 1. The van der Waals surface area contributed by atoms with Crippen molar-refractivity contribution in [3.05, 3.63) is 59.9 Å². The van der Waals surface area contributed by atoms with Gasteiger partial charge in [0.1, 0.15) is 5.78 Å². The van der Waals surface area contributed by atoms with Gasteiger partial charge >= 0.3 is 0 Å². The number of aromatic nitrogens is 3. The number of hydrogen-bond donors (Lipinski definition) is 0. The molecule has 3 atom stereocenters. The van der Waals surface area contributed by atoms with E-state index >= 15 is 0 Å². The van der Waals surface area contributed by atoms with Gasteiger partial charge in [-0.15, -0.1) is 0 Å². The number of nitrogens with zero attached hydrogens (tertiary/aromatic N) is 3. The number of carbonyl (C=O) groups is 1. The van der Waals surface area contributed by atoms with Gasteiger partial charge in [-0.05, 0) is 31.2 Å². The third kappa shape index (κ3) is 3.23. The first-order valence-electron chi connectivity index (χ1n) is 11.0. The van der Waals surface area contributed by atoms with E-state index in [0.29, 0.717) is 29.8 Å². The monoisotopic (exact) mass is 413 g/mol. The average molecular weight is 414 g/mol. The lowest BCUT2D eigenvalue weighted by Crippen LogP contribution is -2.47. The lowest BCUT2D eigenvalue weighted by molar-refractivity contribution is -0.128. The Morgan fingerprint density at radius 1 is 1.06 bits per heavy atom. The maximum Gasteiger partial charge on any atom is 0.213 e. The molecule has 5 nitrogen and oxygen atoms in total. The van der Waals surface area contributed by atoms with E-state index in [1.165, 1.54) is 5.56 Å². The maximum atomic E-state index is 12.5. The molecule has 158 valence electrons. The Morgan fingerprint density at radius 2 is 1.87 bits per heavy atom. The molecule has 0 unspecified atom stereocenters. The van der Waals surface area contributed by atoms with Crippen LogP contribution in [0.2, 0.25) is 0 Å². The number of pyridine rings is 1. The molecule has 0 N–H and O–H groups in total. The highest BCUT2D eigenvalue weighted by atomic mass is 16.5. The topological polar surface area (TPSA) is 65.0 Å². The lowest BCUT2D eigenvalue weighted by atomic mass is 9.56. The molecule has 0 saturated heterocycles. The van der Waals surface area contributed by atoms with Crippen molar-refractivity contribution in [3.8, 4) is 28.5 Å². The molecule has 31 heavy (non-hydrogen) atoms. The zero-order valence-electron chi connectivity index (χ0n) is 18.3. The van der Waals surface area contributed by atoms with E-state index < -0.39 is 0 Å². The number of methoxy groups -OCH3 is 1. The van der Waals surface area contributed by atoms with E-state index in [1.54, 1.807) is 13.3 Å². The minimum atomic E-state index is -0.126. The Morgan fingerprint density at radius 3 is 2.65 bits per heavy atom. The molecular weight excluding hydrogens is 386 g/mol. The van der Waals surface area contributed by atoms with E-state index in [-0.39, 0.29) is 11.3 Å². The summed E-state index contributed by atoms with van der Waals surface area (Å²) in [6.07, 6.45) is 5.10. The predicted molar refractivity (Wildman–Crippen MR) is 120 cm³/mol. The van der Waals surface area contributed by atoms with Crippen LogP contribution < -0.4 is 4.74 Å². The second kappa shape index (κ2) is 7.56. The van der Waals surface area contributed by atoms with Crippen LogP contribution in [0.3, 0.4) is 0 Å². The van der Waals surface area contributed by atoms with Gasteiger partial charge in [-0.25, -0.2) is 15.0 Å². The smallest absolute Gasteiger partial charge is 0.213 e. The number of hydrogen-bond acceptors (Lipinski definition) is 5. The van der Waals surface area contributed by atoms with Crippen molar-refractivity contribution in [3.63, 3.8) is 0 Å². The molecule has 0 aliphatic heterocycles. The Labute approximate surface area is 182 Å². The van der Waals surface area contributed by atoms with Crippen molar-refractivity contribution in [1.29, 1.82) is 0 Å². The predicted octanol–water partition coefficient (Wildman–Crippen LogP) is 5.03. The quantitative estimate of drug-likeness (QED) is 0.602. The second-order valence-electron chi connectivity index (χ2n) is 8.99. The minimum absolute atomic E-state index is 0.0755. The van der Waals surface area contributed by atoms with Gasteiger partial charge in [-0.1, -0.05) is 44.2 Å². The second-order valence-corrected chi connectivity index (χ2v) is 8.99. The van der Waals surface area contributed by atoms with Crippen molar-refractivity contribution >= 4 is 5.78 Å². The number of rotatable bonds is 3. The van der Waals surface area contributed by atoms with Crippen LogP contribution >= 0.6 is 0 Å². The van der Waals surface area contributed by atoms with Crippen LogP contribution in [0.15, 0.2) is 48.7 Å². The SMILES string of the molecule is COc1cc(-c2nc(-c3ccccc3)c3c(n2)[C@]2(C)CCC(=O)[C@H](C)[C@H]2CC3)ccn1. The first-order valence-corrected chi connectivity index (χ1v) is 11.0. The Bertz CT molecular complexity index is 1140. The third-order valence-electron chi connectivity index (χ3n) is 7.32. The molecule has 5 heteroatoms. The van der Waals surface area contributed by atoms with Crippen molar-refractivity contribution in [2.24, 2.45) is 11.8 Å². The zero-order chi connectivity index (χ0) is 21.6. The highest BCUT2D eigenvalue weighted by Crippen LogP contribution is 2.52. The average Bonchev–Trinajstić information content (AvgIpc) is 2.82. The van der Waals surface area contributed by atoms with Crippen LogP contribution in [0.4, 0.5) is 0 Å². The standard InChI is InChI=1S/C26H27N3O2/c1-16-20-10-9-19-23(17-7-5-4-6-8-17)28-25(18-12-14-27-22(15-18)31-3)29-24(19)26(20,2)13-11-21(16)30/h4-8,12,14-16,20H,9-11,13H2,1-3H3/t16-,20-,26-/m1/s1. The molecule has 1 saturated carbocycles. The fourth-order valence-electron chi connectivity index (χ4n) is 5.55. The normalized spacial score (nSPS) is 24.9. The van der Waals surface area contributed by atoms with Crippen LogP contribution in [-0.2, 0) is 16.6 Å². The molecule has 2 heterocycles. The van der Waals surface area contributed by atoms with Crippen molar-refractivity contribution in [2.75, 3.05) is 7.11 Å². The molecule has 5 rings (SSSR count). The first-order chi connectivity index (χ1) is 15.0. The van der Waals surface area contributed by atoms with Gasteiger partial charge in [0.25, 0.3) is 0 Å². The van der Waals surface area contributed by atoms with Gasteiger partial charge < -0.3 is 4.74 Å². The fraction of sp³-hybridized carbons (Fsp3) is 0.385. The van der Waals surface area contributed by atoms with Gasteiger partial charge in [0.15, 0.2) is 5.82 Å². The largest absolute Gasteiger partial charge is 0.481 e. The summed E-state index contributed by atoms with van der Waals surface area (Å²) in [5, 5.41) is 0. The molecular formula is C26H27N3O2. The number of Topliss-reactive ketones (excluding diaryl/α,β-unsaturated/α-hetero) is 1. The summed E-state index contributed by atoms with van der Waals surface area (Å²) < 4.78 is 5.33. The number of fused-ring (bicyclic) bond motifs is 3. The first kappa shape index (κ1) is 19.9. The Balaban J connectivity index is 1.74. The molecule has 1 fully saturated rings. The molecule has 0 amide bonds. The number of ketones is 1. The van der Waals surface area contributed by atoms with Gasteiger partial charge in [0, 0.05) is 46.7 Å². The fourth-order valence-corrected chi connectivity index (χ4v) is 5.55. The molecule has 2 aliphatic carbocycles. The summed E-state index contributed by atoms with van der Waals surface area (Å²) in [7, 11) is 1.61. The zero-order valence-corrected chi connectivity index (χ0v) is 18.3. The molecule has 0 radical (unpaired) electrons. The van der Waals surface area contributed by atoms with Gasteiger partial charge in [0.05, 0.1) is 18.5 Å². The molecule has 2 aromatic heterocycles. The van der Waals surface area contributed by atoms with Gasteiger partial charge in [-0.2, -0.15) is 0 Å². The third-order valence-corrected chi connectivity index (χ3v) is 7.32. The van der Waals surface area contributed by atoms with Gasteiger partial charge in [-0.3, -0.25) is 4.79 Å². The van der Waals surface area contributed by atoms with Crippen LogP contribution in [0.25, 0.3) is 22.6 Å². The van der Waals surface area contributed by atoms with E-state index in [9.17, 15) is 4.79 Å². The summed E-state index contributed by atoms with van der Waals surface area (Å²) in [6.45, 7) is 4.40. The van der Waals surface area contributed by atoms with Crippen molar-refractivity contribution in [2.45, 2.75) is 44.9 Å². The van der Waals surface area contributed by atoms with Crippen molar-refractivity contribution < 1.29 is 9.53 Å². The number of ether oxygens (including phenoxy) is 1. The van der Waals surface area contributed by atoms with E-state index in [0.717, 1.165) is 41.8 Å². The Kier molecular flexibility index (Phi) is 4.84. The van der Waals surface area contributed by atoms with Crippen LogP contribution in [0.5, 0.6) is 5.88 Å². The van der Waals surface area contributed by atoms with Crippen LogP contribution in [0, 0.1) is 11.8 Å². The molecule has 0 bridgehead atoms. The molecule has 0 spiro atoms. The highest BCUT2D eigenvalue weighted by molar-refractivity contribution is 5.83. The number of carbonyl (C=O) groups excluding carboxylic acids is 1. The van der Waals surface area contributed by atoms with Gasteiger partial charge in [0.2, 0.25) is 5.88 Å². The van der Waals surface area contributed by atoms with E-state index in [2.05, 4.69) is 31.0 Å². The molecule has 2 aliphatic rings. The summed E-state index contributed by atoms with van der Waals surface area (Å²) in [5.74, 6) is 2.01. The molecule has 3 aromatic rings. The summed E-state index contributed by atoms with van der Waals surface area (Å²) in [6, 6.07) is 14.2. The van der Waals surface area contributed by atoms with E-state index in [4.69, 9.17) is 14.7 Å². The molecule has 1 aromatic carbocycles. The van der Waals surface area contributed by atoms with E-state index in [1.807, 2.05) is 30.3 Å². The summed E-state index contributed by atoms with van der Waals surface area (Å²) in [5.41, 5.74) is 5.21. The highest BCUT2D eigenvalue weighted by Gasteiger charge is 2.49. The Hall–Kier alpha value is -3.08. The minimum Gasteiger partial charge on any atom is -0.481 e. The summed E-state index contributed by atoms with van der Waals surface area (Å²) in [4.78, 5) is 26.9. The maximum absolute atomic E-state index is 12.5. The van der Waals surface area contributed by atoms with Crippen molar-refractivity contribution in [1.82, 2.24) is 15.0 Å².